The maximum absolute atomic E-state index is 9.45. The van der Waals surface area contributed by atoms with Crippen molar-refractivity contribution in [2.45, 2.75) is 36.8 Å². The fraction of sp³-hybridized carbons (Fsp3) is 0.600. The summed E-state index contributed by atoms with van der Waals surface area (Å²) in [7, 11) is 1.58. The summed E-state index contributed by atoms with van der Waals surface area (Å²) in [4.78, 5) is 8.46. The molecule has 0 aliphatic carbocycles. The third-order valence-corrected chi connectivity index (χ3v) is 3.37. The van der Waals surface area contributed by atoms with E-state index in [0.29, 0.717) is 18.2 Å². The molecule has 0 bridgehead atoms. The van der Waals surface area contributed by atoms with Gasteiger partial charge in [-0.2, -0.15) is 0 Å². The Labute approximate surface area is 105 Å². The molecule has 0 spiro atoms. The quantitative estimate of drug-likeness (QED) is 0.300. The first kappa shape index (κ1) is 14.2. The first-order valence-corrected chi connectivity index (χ1v) is 6.13. The number of hydrogen-bond acceptors (Lipinski definition) is 7. The first-order chi connectivity index (χ1) is 8.06. The van der Waals surface area contributed by atoms with Crippen molar-refractivity contribution in [3.8, 4) is 0 Å². The highest BCUT2D eigenvalue weighted by Gasteiger charge is 2.13. The molecular weight excluding hydrogens is 240 g/mol. The highest BCUT2D eigenvalue weighted by atomic mass is 32.2. The number of methoxy groups -OCH3 is 1. The molecule has 7 heteroatoms. The molecule has 0 aliphatic rings. The van der Waals surface area contributed by atoms with Crippen LogP contribution in [0.5, 0.6) is 0 Å². The molecule has 6 nitrogen and oxygen atoms in total. The highest BCUT2D eigenvalue weighted by molar-refractivity contribution is 7.99. The van der Waals surface area contributed by atoms with E-state index in [1.807, 2.05) is 6.92 Å². The number of aliphatic hydroxyl groups excluding tert-OH is 1. The molecular formula is C10H18N4O2S. The molecule has 0 saturated carbocycles. The van der Waals surface area contributed by atoms with Crippen LogP contribution in [0.1, 0.15) is 19.7 Å². The molecule has 17 heavy (non-hydrogen) atoms. The zero-order chi connectivity index (χ0) is 12.8. The summed E-state index contributed by atoms with van der Waals surface area (Å²) in [5.74, 6) is 6.43. The van der Waals surface area contributed by atoms with E-state index in [1.54, 1.807) is 20.1 Å². The van der Waals surface area contributed by atoms with Crippen LogP contribution in [0.3, 0.4) is 0 Å². The lowest BCUT2D eigenvalue weighted by Crippen LogP contribution is -2.16. The molecule has 0 amide bonds. The van der Waals surface area contributed by atoms with Crippen molar-refractivity contribution in [3.05, 3.63) is 11.9 Å². The number of nitrogens with zero attached hydrogens (tertiary/aromatic N) is 2. The fourth-order valence-corrected chi connectivity index (χ4v) is 2.01. The normalized spacial score (nSPS) is 14.4. The van der Waals surface area contributed by atoms with Crippen LogP contribution in [0.25, 0.3) is 0 Å². The number of hydrazine groups is 1. The van der Waals surface area contributed by atoms with Crippen molar-refractivity contribution >= 4 is 17.6 Å². The van der Waals surface area contributed by atoms with Crippen LogP contribution < -0.4 is 11.3 Å². The SMILES string of the molecule is COCc1nc(NN)cc(SC(C)C(C)O)n1. The summed E-state index contributed by atoms with van der Waals surface area (Å²) in [6.07, 6.45) is -0.407. The van der Waals surface area contributed by atoms with Crippen molar-refractivity contribution in [2.24, 2.45) is 5.84 Å². The minimum absolute atomic E-state index is 0.0471. The van der Waals surface area contributed by atoms with E-state index < -0.39 is 6.10 Å². The zero-order valence-electron chi connectivity index (χ0n) is 10.2. The maximum atomic E-state index is 9.45. The van der Waals surface area contributed by atoms with Gasteiger partial charge in [0, 0.05) is 18.4 Å². The smallest absolute Gasteiger partial charge is 0.157 e. The van der Waals surface area contributed by atoms with Gasteiger partial charge in [0.25, 0.3) is 0 Å². The van der Waals surface area contributed by atoms with Crippen LogP contribution in [-0.2, 0) is 11.3 Å². The summed E-state index contributed by atoms with van der Waals surface area (Å²) < 4.78 is 4.98. The van der Waals surface area contributed by atoms with Gasteiger partial charge in [-0.25, -0.2) is 15.8 Å². The zero-order valence-corrected chi connectivity index (χ0v) is 11.0. The molecule has 0 radical (unpaired) electrons. The third-order valence-electron chi connectivity index (χ3n) is 2.16. The Morgan fingerprint density at radius 1 is 1.53 bits per heavy atom. The van der Waals surface area contributed by atoms with Gasteiger partial charge >= 0.3 is 0 Å². The van der Waals surface area contributed by atoms with Crippen LogP contribution in [-0.4, -0.2) is 33.5 Å². The van der Waals surface area contributed by atoms with Crippen molar-refractivity contribution < 1.29 is 9.84 Å². The Morgan fingerprint density at radius 3 is 2.76 bits per heavy atom. The number of nitrogens with one attached hydrogen (secondary N) is 1. The molecule has 0 aromatic carbocycles. The topological polar surface area (TPSA) is 93.3 Å². The standard InChI is InChI=1S/C10H18N4O2S/c1-6(15)7(2)17-10-4-8(14-11)12-9(13-10)5-16-3/h4,6-7,15H,5,11H2,1-3H3,(H,12,13,14). The Morgan fingerprint density at radius 2 is 2.24 bits per heavy atom. The number of hydrogen-bond donors (Lipinski definition) is 3. The fourth-order valence-electron chi connectivity index (χ4n) is 1.09. The van der Waals surface area contributed by atoms with E-state index in [-0.39, 0.29) is 5.25 Å². The van der Waals surface area contributed by atoms with Crippen LogP contribution in [0.15, 0.2) is 11.1 Å². The molecule has 4 N–H and O–H groups in total. The van der Waals surface area contributed by atoms with Crippen molar-refractivity contribution in [1.29, 1.82) is 0 Å². The molecule has 1 heterocycles. The Kier molecular flexibility index (Phi) is 5.63. The molecule has 2 atom stereocenters. The van der Waals surface area contributed by atoms with E-state index in [1.165, 1.54) is 11.8 Å². The average molecular weight is 258 g/mol. The van der Waals surface area contributed by atoms with Gasteiger partial charge in [-0.15, -0.1) is 11.8 Å². The van der Waals surface area contributed by atoms with E-state index in [9.17, 15) is 5.11 Å². The number of nitrogen functional groups attached to an aromatic ring is 1. The largest absolute Gasteiger partial charge is 0.392 e. The number of thioether (sulfide) groups is 1. The van der Waals surface area contributed by atoms with Crippen LogP contribution >= 0.6 is 11.8 Å². The Hall–Kier alpha value is -0.890. The van der Waals surface area contributed by atoms with Crippen molar-refractivity contribution in [2.75, 3.05) is 12.5 Å². The lowest BCUT2D eigenvalue weighted by molar-refractivity contribution is 0.177. The second-order valence-electron chi connectivity index (χ2n) is 3.65. The predicted molar refractivity (Wildman–Crippen MR) is 67.6 cm³/mol. The second-order valence-corrected chi connectivity index (χ2v) is 5.05. The predicted octanol–water partition coefficient (Wildman–Crippen LogP) is 0.770. The molecule has 2 unspecified atom stereocenters. The number of aromatic nitrogens is 2. The Balaban J connectivity index is 2.86. The summed E-state index contributed by atoms with van der Waals surface area (Å²) >= 11 is 1.47. The van der Waals surface area contributed by atoms with Crippen molar-refractivity contribution in [3.63, 3.8) is 0 Å². The van der Waals surface area contributed by atoms with Gasteiger partial charge in [-0.1, -0.05) is 6.92 Å². The van der Waals surface area contributed by atoms with Gasteiger partial charge in [-0.05, 0) is 6.92 Å². The number of anilines is 1. The molecule has 1 aromatic rings. The number of aliphatic hydroxyl groups is 1. The first-order valence-electron chi connectivity index (χ1n) is 5.25. The van der Waals surface area contributed by atoms with Gasteiger partial charge in [0.05, 0.1) is 6.10 Å². The van der Waals surface area contributed by atoms with Gasteiger partial charge < -0.3 is 15.3 Å². The van der Waals surface area contributed by atoms with Gasteiger partial charge in [-0.3, -0.25) is 0 Å². The summed E-state index contributed by atoms with van der Waals surface area (Å²) in [6, 6.07) is 1.74. The van der Waals surface area contributed by atoms with Gasteiger partial charge in [0.2, 0.25) is 0 Å². The van der Waals surface area contributed by atoms with Crippen LogP contribution in [0.4, 0.5) is 5.82 Å². The molecule has 1 aromatic heterocycles. The summed E-state index contributed by atoms with van der Waals surface area (Å²) in [5, 5.41) is 10.3. The lowest BCUT2D eigenvalue weighted by Gasteiger charge is -2.14. The molecule has 0 fully saturated rings. The number of rotatable bonds is 6. The van der Waals surface area contributed by atoms with E-state index in [0.717, 1.165) is 5.03 Å². The molecule has 0 aliphatic heterocycles. The number of ether oxygens (including phenoxy) is 1. The monoisotopic (exact) mass is 258 g/mol. The molecule has 0 saturated heterocycles. The van der Waals surface area contributed by atoms with Gasteiger partial charge in [0.15, 0.2) is 5.82 Å². The Bertz CT molecular complexity index is 362. The van der Waals surface area contributed by atoms with E-state index in [2.05, 4.69) is 15.4 Å². The van der Waals surface area contributed by atoms with Crippen LogP contribution in [0.2, 0.25) is 0 Å². The second kappa shape index (κ2) is 6.75. The van der Waals surface area contributed by atoms with Gasteiger partial charge in [0.1, 0.15) is 17.5 Å². The van der Waals surface area contributed by atoms with E-state index >= 15 is 0 Å². The van der Waals surface area contributed by atoms with Crippen molar-refractivity contribution in [1.82, 2.24) is 9.97 Å². The highest BCUT2D eigenvalue weighted by Crippen LogP contribution is 2.25. The van der Waals surface area contributed by atoms with Crippen LogP contribution in [0, 0.1) is 0 Å². The maximum Gasteiger partial charge on any atom is 0.157 e. The minimum atomic E-state index is -0.407. The summed E-state index contributed by atoms with van der Waals surface area (Å²) in [5.41, 5.74) is 2.49. The molecule has 1 rings (SSSR count). The number of nitrogens with two attached hydrogens (primary N) is 1. The lowest BCUT2D eigenvalue weighted by atomic mass is 10.3. The van der Waals surface area contributed by atoms with E-state index in [4.69, 9.17) is 10.6 Å². The minimum Gasteiger partial charge on any atom is -0.392 e. The summed E-state index contributed by atoms with van der Waals surface area (Å²) in [6.45, 7) is 4.01. The average Bonchev–Trinajstić information content (AvgIpc) is 2.28. The molecule has 96 valence electrons. The third kappa shape index (κ3) is 4.47.